The summed E-state index contributed by atoms with van der Waals surface area (Å²) < 4.78 is 29.7. The van der Waals surface area contributed by atoms with Crippen LogP contribution in [0.3, 0.4) is 0 Å². The van der Waals surface area contributed by atoms with Crippen molar-refractivity contribution in [1.29, 1.82) is 0 Å². The minimum Gasteiger partial charge on any atom is -0.423 e. The Bertz CT molecular complexity index is 1120. The van der Waals surface area contributed by atoms with Gasteiger partial charge in [-0.25, -0.2) is 9.63 Å². The van der Waals surface area contributed by atoms with Gasteiger partial charge in [-0.15, -0.1) is 0 Å². The van der Waals surface area contributed by atoms with Crippen molar-refractivity contribution in [2.75, 3.05) is 0 Å². The molecule has 148 valence electrons. The molecule has 29 heavy (non-hydrogen) atoms. The standard InChI is InChI=1S/C22H20N2O4S/c1-16-3-9-19(10-4-16)22(25)28-20-11-7-18(8-12-20)15-23-24-29(26,27)21-13-5-17(2)6-14-21/h3-15,24H,1-2H3/b23-15-. The van der Waals surface area contributed by atoms with E-state index >= 15 is 0 Å². The van der Waals surface area contributed by atoms with Gasteiger partial charge in [0.2, 0.25) is 0 Å². The lowest BCUT2D eigenvalue weighted by atomic mass is 10.1. The molecule has 1 N–H and O–H groups in total. The Labute approximate surface area is 169 Å². The highest BCUT2D eigenvalue weighted by atomic mass is 32.2. The van der Waals surface area contributed by atoms with Gasteiger partial charge in [-0.2, -0.15) is 13.5 Å². The summed E-state index contributed by atoms with van der Waals surface area (Å²) in [6.45, 7) is 3.82. The number of carbonyl (C=O) groups excluding carboxylic acids is 1. The van der Waals surface area contributed by atoms with Crippen LogP contribution in [0.15, 0.2) is 82.8 Å². The van der Waals surface area contributed by atoms with Gasteiger partial charge in [-0.05, 0) is 67.9 Å². The van der Waals surface area contributed by atoms with Crippen LogP contribution in [0.25, 0.3) is 0 Å². The number of hydrogen-bond donors (Lipinski definition) is 1. The average Bonchev–Trinajstić information content (AvgIpc) is 2.70. The van der Waals surface area contributed by atoms with E-state index in [1.54, 1.807) is 48.5 Å². The Kier molecular flexibility index (Phi) is 6.09. The SMILES string of the molecule is Cc1ccc(C(=O)Oc2ccc(/C=N\NS(=O)(=O)c3ccc(C)cc3)cc2)cc1. The van der Waals surface area contributed by atoms with Gasteiger partial charge in [0.1, 0.15) is 5.75 Å². The zero-order valence-corrected chi connectivity index (χ0v) is 16.8. The van der Waals surface area contributed by atoms with Crippen LogP contribution < -0.4 is 9.57 Å². The normalized spacial score (nSPS) is 11.4. The van der Waals surface area contributed by atoms with Gasteiger partial charge < -0.3 is 4.74 Å². The zero-order valence-electron chi connectivity index (χ0n) is 16.0. The number of nitrogens with one attached hydrogen (secondary N) is 1. The highest BCUT2D eigenvalue weighted by Gasteiger charge is 2.12. The summed E-state index contributed by atoms with van der Waals surface area (Å²) in [6, 6.07) is 20.1. The Morgan fingerprint density at radius 3 is 2.00 bits per heavy atom. The van der Waals surface area contributed by atoms with E-state index in [0.29, 0.717) is 16.9 Å². The van der Waals surface area contributed by atoms with Crippen molar-refractivity contribution in [2.24, 2.45) is 5.10 Å². The molecule has 0 atom stereocenters. The van der Waals surface area contributed by atoms with Crippen LogP contribution >= 0.6 is 0 Å². The summed E-state index contributed by atoms with van der Waals surface area (Å²) >= 11 is 0. The predicted octanol–water partition coefficient (Wildman–Crippen LogP) is 3.84. The highest BCUT2D eigenvalue weighted by molar-refractivity contribution is 7.89. The van der Waals surface area contributed by atoms with Gasteiger partial charge in [0.15, 0.2) is 0 Å². The lowest BCUT2D eigenvalue weighted by molar-refractivity contribution is 0.0734. The highest BCUT2D eigenvalue weighted by Crippen LogP contribution is 2.14. The largest absolute Gasteiger partial charge is 0.423 e. The Balaban J connectivity index is 1.60. The number of carbonyl (C=O) groups is 1. The summed E-state index contributed by atoms with van der Waals surface area (Å²) in [7, 11) is -3.72. The van der Waals surface area contributed by atoms with E-state index in [9.17, 15) is 13.2 Å². The molecule has 3 aromatic carbocycles. The van der Waals surface area contributed by atoms with E-state index < -0.39 is 16.0 Å². The first-order valence-electron chi connectivity index (χ1n) is 8.84. The van der Waals surface area contributed by atoms with E-state index in [1.165, 1.54) is 18.3 Å². The zero-order chi connectivity index (χ0) is 20.9. The molecule has 0 aliphatic rings. The molecule has 7 heteroatoms. The Hall–Kier alpha value is -3.45. The number of aryl methyl sites for hydroxylation is 2. The molecule has 3 aromatic rings. The molecule has 3 rings (SSSR count). The fraction of sp³-hybridized carbons (Fsp3) is 0.0909. The number of rotatable bonds is 6. The van der Waals surface area contributed by atoms with Crippen molar-refractivity contribution in [3.8, 4) is 5.75 Å². The fourth-order valence-corrected chi connectivity index (χ4v) is 3.21. The number of hydrogen-bond acceptors (Lipinski definition) is 5. The van der Waals surface area contributed by atoms with E-state index in [1.807, 2.05) is 26.0 Å². The maximum absolute atomic E-state index is 12.2. The Morgan fingerprint density at radius 1 is 0.862 bits per heavy atom. The first kappa shape index (κ1) is 20.3. The van der Waals surface area contributed by atoms with Crippen molar-refractivity contribution in [3.05, 3.63) is 95.1 Å². The molecule has 0 amide bonds. The maximum atomic E-state index is 12.2. The van der Waals surface area contributed by atoms with E-state index in [2.05, 4.69) is 9.93 Å². The van der Waals surface area contributed by atoms with Gasteiger partial charge in [-0.1, -0.05) is 35.4 Å². The summed E-state index contributed by atoms with van der Waals surface area (Å²) in [5, 5.41) is 3.79. The maximum Gasteiger partial charge on any atom is 0.343 e. The molecule has 0 aliphatic carbocycles. The summed E-state index contributed by atoms with van der Waals surface area (Å²) in [5.41, 5.74) is 3.14. The summed E-state index contributed by atoms with van der Waals surface area (Å²) in [5.74, 6) is -0.0646. The monoisotopic (exact) mass is 408 g/mol. The third-order valence-electron chi connectivity index (χ3n) is 4.10. The first-order chi connectivity index (χ1) is 13.8. The molecular weight excluding hydrogens is 388 g/mol. The number of hydrazone groups is 1. The van der Waals surface area contributed by atoms with Crippen molar-refractivity contribution >= 4 is 22.2 Å². The van der Waals surface area contributed by atoms with Crippen molar-refractivity contribution < 1.29 is 17.9 Å². The van der Waals surface area contributed by atoms with E-state index in [-0.39, 0.29) is 4.90 Å². The molecule has 0 aromatic heterocycles. The van der Waals surface area contributed by atoms with Gasteiger partial charge in [0.05, 0.1) is 16.7 Å². The topological polar surface area (TPSA) is 84.8 Å². The third-order valence-corrected chi connectivity index (χ3v) is 5.33. The van der Waals surface area contributed by atoms with Gasteiger partial charge in [0, 0.05) is 0 Å². The molecule has 0 aliphatic heterocycles. The van der Waals surface area contributed by atoms with Gasteiger partial charge in [0.25, 0.3) is 10.0 Å². The number of nitrogens with zero attached hydrogens (tertiary/aromatic N) is 1. The van der Waals surface area contributed by atoms with Crippen molar-refractivity contribution in [1.82, 2.24) is 4.83 Å². The second-order valence-corrected chi connectivity index (χ2v) is 8.15. The van der Waals surface area contributed by atoms with Crippen LogP contribution in [-0.4, -0.2) is 20.6 Å². The molecule has 0 saturated heterocycles. The average molecular weight is 408 g/mol. The summed E-state index contributed by atoms with van der Waals surface area (Å²) in [6.07, 6.45) is 1.37. The Morgan fingerprint density at radius 2 is 1.41 bits per heavy atom. The molecule has 0 heterocycles. The van der Waals surface area contributed by atoms with Crippen LogP contribution in [0, 0.1) is 13.8 Å². The van der Waals surface area contributed by atoms with Crippen LogP contribution in [0.4, 0.5) is 0 Å². The molecule has 0 spiro atoms. The van der Waals surface area contributed by atoms with Crippen LogP contribution in [0.5, 0.6) is 5.75 Å². The number of ether oxygens (including phenoxy) is 1. The van der Waals surface area contributed by atoms with Crippen molar-refractivity contribution in [3.63, 3.8) is 0 Å². The minimum atomic E-state index is -3.72. The van der Waals surface area contributed by atoms with Crippen LogP contribution in [0.1, 0.15) is 27.0 Å². The van der Waals surface area contributed by atoms with Crippen molar-refractivity contribution in [2.45, 2.75) is 18.7 Å². The fourth-order valence-electron chi connectivity index (χ4n) is 2.42. The number of esters is 1. The van der Waals surface area contributed by atoms with Gasteiger partial charge >= 0.3 is 5.97 Å². The van der Waals surface area contributed by atoms with Crippen LogP contribution in [-0.2, 0) is 10.0 Å². The van der Waals surface area contributed by atoms with Gasteiger partial charge in [-0.3, -0.25) is 0 Å². The molecular formula is C22H20N2O4S. The minimum absolute atomic E-state index is 0.138. The third kappa shape index (κ3) is 5.52. The molecule has 6 nitrogen and oxygen atoms in total. The lowest BCUT2D eigenvalue weighted by Crippen LogP contribution is -2.18. The predicted molar refractivity (Wildman–Crippen MR) is 112 cm³/mol. The second-order valence-electron chi connectivity index (χ2n) is 6.49. The first-order valence-corrected chi connectivity index (χ1v) is 10.3. The molecule has 0 radical (unpaired) electrons. The summed E-state index contributed by atoms with van der Waals surface area (Å²) in [4.78, 5) is 14.4. The molecule has 0 bridgehead atoms. The van der Waals surface area contributed by atoms with E-state index in [0.717, 1.165) is 11.1 Å². The number of sulfonamides is 1. The molecule has 0 saturated carbocycles. The van der Waals surface area contributed by atoms with Crippen LogP contribution in [0.2, 0.25) is 0 Å². The van der Waals surface area contributed by atoms with E-state index in [4.69, 9.17) is 4.74 Å². The smallest absolute Gasteiger partial charge is 0.343 e. The number of benzene rings is 3. The second kappa shape index (κ2) is 8.70. The molecule has 0 unspecified atom stereocenters. The quantitative estimate of drug-likeness (QED) is 0.291. The molecule has 0 fully saturated rings. The lowest BCUT2D eigenvalue weighted by Gasteiger charge is -2.05.